The molecular weight excluding hydrogens is 332 g/mol. The summed E-state index contributed by atoms with van der Waals surface area (Å²) in [4.78, 5) is 0. The van der Waals surface area contributed by atoms with Gasteiger partial charge in [-0.05, 0) is 39.0 Å². The van der Waals surface area contributed by atoms with Gasteiger partial charge in [0.25, 0.3) is 0 Å². The predicted octanol–water partition coefficient (Wildman–Crippen LogP) is 5.84. The van der Waals surface area contributed by atoms with Crippen LogP contribution in [0.2, 0.25) is 0 Å². The van der Waals surface area contributed by atoms with E-state index < -0.39 is 0 Å². The van der Waals surface area contributed by atoms with Crippen molar-refractivity contribution in [2.45, 2.75) is 20.8 Å². The SMILES string of the molecule is Cc1ccc(-c2nn(-c3ccc(C)cc3)c(-c3cccc(C)c3)c2O)cc1. The monoisotopic (exact) mass is 354 g/mol. The number of aromatic hydroxyl groups is 1. The summed E-state index contributed by atoms with van der Waals surface area (Å²) in [6, 6.07) is 24.4. The molecule has 27 heavy (non-hydrogen) atoms. The molecule has 3 aromatic carbocycles. The fourth-order valence-electron chi connectivity index (χ4n) is 3.24. The van der Waals surface area contributed by atoms with E-state index in [4.69, 9.17) is 5.10 Å². The highest BCUT2D eigenvalue weighted by Crippen LogP contribution is 2.39. The third-order valence-electron chi connectivity index (χ3n) is 4.76. The second-order valence-corrected chi connectivity index (χ2v) is 7.03. The molecule has 4 aromatic rings. The van der Waals surface area contributed by atoms with Crippen LogP contribution in [0.25, 0.3) is 28.2 Å². The smallest absolute Gasteiger partial charge is 0.170 e. The van der Waals surface area contributed by atoms with Gasteiger partial charge in [0.15, 0.2) is 5.75 Å². The largest absolute Gasteiger partial charge is 0.504 e. The number of benzene rings is 3. The van der Waals surface area contributed by atoms with Crippen molar-refractivity contribution in [1.82, 2.24) is 9.78 Å². The summed E-state index contributed by atoms with van der Waals surface area (Å²) in [7, 11) is 0. The van der Waals surface area contributed by atoms with Gasteiger partial charge in [0.1, 0.15) is 11.4 Å². The average Bonchev–Trinajstić information content (AvgIpc) is 3.00. The van der Waals surface area contributed by atoms with Gasteiger partial charge in [-0.3, -0.25) is 0 Å². The van der Waals surface area contributed by atoms with E-state index in [0.717, 1.165) is 22.4 Å². The Hall–Kier alpha value is -3.33. The van der Waals surface area contributed by atoms with E-state index >= 15 is 0 Å². The fourth-order valence-corrected chi connectivity index (χ4v) is 3.24. The zero-order valence-corrected chi connectivity index (χ0v) is 15.8. The van der Waals surface area contributed by atoms with Gasteiger partial charge in [-0.2, -0.15) is 5.10 Å². The van der Waals surface area contributed by atoms with Crippen molar-refractivity contribution in [2.75, 3.05) is 0 Å². The van der Waals surface area contributed by atoms with Crippen LogP contribution >= 0.6 is 0 Å². The van der Waals surface area contributed by atoms with Crippen LogP contribution in [0.15, 0.2) is 72.8 Å². The molecule has 0 saturated heterocycles. The van der Waals surface area contributed by atoms with Gasteiger partial charge in [0.2, 0.25) is 0 Å². The van der Waals surface area contributed by atoms with Gasteiger partial charge in [-0.1, -0.05) is 71.3 Å². The van der Waals surface area contributed by atoms with E-state index in [9.17, 15) is 5.11 Å². The van der Waals surface area contributed by atoms with Crippen molar-refractivity contribution < 1.29 is 5.11 Å². The van der Waals surface area contributed by atoms with E-state index in [-0.39, 0.29) is 5.75 Å². The summed E-state index contributed by atoms with van der Waals surface area (Å²) in [5.74, 6) is 0.199. The van der Waals surface area contributed by atoms with Crippen molar-refractivity contribution in [3.8, 4) is 34.0 Å². The lowest BCUT2D eigenvalue weighted by Gasteiger charge is -2.09. The molecule has 1 aromatic heterocycles. The Morgan fingerprint density at radius 1 is 0.704 bits per heavy atom. The van der Waals surface area contributed by atoms with Crippen LogP contribution < -0.4 is 0 Å². The molecule has 134 valence electrons. The first kappa shape index (κ1) is 17.1. The first-order chi connectivity index (χ1) is 13.0. The van der Waals surface area contributed by atoms with Crippen LogP contribution in [0.3, 0.4) is 0 Å². The maximum absolute atomic E-state index is 11.1. The third kappa shape index (κ3) is 3.24. The molecule has 0 saturated carbocycles. The number of rotatable bonds is 3. The molecule has 0 aliphatic rings. The topological polar surface area (TPSA) is 38.0 Å². The lowest BCUT2D eigenvalue weighted by Crippen LogP contribution is -1.99. The summed E-state index contributed by atoms with van der Waals surface area (Å²) in [6.07, 6.45) is 0. The molecular formula is C24H22N2O. The van der Waals surface area contributed by atoms with Gasteiger partial charge >= 0.3 is 0 Å². The summed E-state index contributed by atoms with van der Waals surface area (Å²) < 4.78 is 1.83. The van der Waals surface area contributed by atoms with Crippen molar-refractivity contribution in [2.24, 2.45) is 0 Å². The number of nitrogens with zero attached hydrogens (tertiary/aromatic N) is 2. The molecule has 0 aliphatic carbocycles. The molecule has 0 atom stereocenters. The standard InChI is InChI=1S/C24H22N2O/c1-16-7-11-19(12-8-16)22-24(27)23(20-6-4-5-18(3)15-20)26(25-22)21-13-9-17(2)10-14-21/h4-15,27H,1-3H3. The Bertz CT molecular complexity index is 1090. The molecule has 1 N–H and O–H groups in total. The molecule has 0 bridgehead atoms. The number of hydrogen-bond donors (Lipinski definition) is 1. The van der Waals surface area contributed by atoms with Gasteiger partial charge < -0.3 is 5.11 Å². The maximum Gasteiger partial charge on any atom is 0.170 e. The molecule has 3 heteroatoms. The van der Waals surface area contributed by atoms with E-state index in [2.05, 4.69) is 25.1 Å². The van der Waals surface area contributed by atoms with E-state index in [1.807, 2.05) is 73.1 Å². The van der Waals surface area contributed by atoms with E-state index in [0.29, 0.717) is 11.4 Å². The lowest BCUT2D eigenvalue weighted by molar-refractivity contribution is 0.479. The molecule has 3 nitrogen and oxygen atoms in total. The van der Waals surface area contributed by atoms with Crippen LogP contribution in [0, 0.1) is 20.8 Å². The van der Waals surface area contributed by atoms with Gasteiger partial charge in [-0.25, -0.2) is 4.68 Å². The van der Waals surface area contributed by atoms with Gasteiger partial charge in [-0.15, -0.1) is 0 Å². The second kappa shape index (κ2) is 6.76. The average molecular weight is 354 g/mol. The predicted molar refractivity (Wildman–Crippen MR) is 110 cm³/mol. The minimum absolute atomic E-state index is 0.199. The molecule has 1 heterocycles. The molecule has 0 spiro atoms. The Morgan fingerprint density at radius 2 is 1.33 bits per heavy atom. The minimum Gasteiger partial charge on any atom is -0.504 e. The van der Waals surface area contributed by atoms with Crippen molar-refractivity contribution >= 4 is 0 Å². The van der Waals surface area contributed by atoms with Crippen LogP contribution in [0.1, 0.15) is 16.7 Å². The number of aromatic nitrogens is 2. The second-order valence-electron chi connectivity index (χ2n) is 7.03. The molecule has 0 unspecified atom stereocenters. The number of aryl methyl sites for hydroxylation is 3. The van der Waals surface area contributed by atoms with Crippen LogP contribution in [0.5, 0.6) is 5.75 Å². The van der Waals surface area contributed by atoms with Crippen molar-refractivity contribution in [3.63, 3.8) is 0 Å². The highest BCUT2D eigenvalue weighted by atomic mass is 16.3. The fraction of sp³-hybridized carbons (Fsp3) is 0.125. The number of hydrogen-bond acceptors (Lipinski definition) is 2. The normalized spacial score (nSPS) is 10.9. The quantitative estimate of drug-likeness (QED) is 0.502. The van der Waals surface area contributed by atoms with Crippen molar-refractivity contribution in [3.05, 3.63) is 89.5 Å². The van der Waals surface area contributed by atoms with Crippen LogP contribution in [0.4, 0.5) is 0 Å². The lowest BCUT2D eigenvalue weighted by atomic mass is 10.0. The summed E-state index contributed by atoms with van der Waals surface area (Å²) in [5.41, 5.74) is 7.56. The highest BCUT2D eigenvalue weighted by molar-refractivity contribution is 5.79. The summed E-state index contributed by atoms with van der Waals surface area (Å²) >= 11 is 0. The van der Waals surface area contributed by atoms with E-state index in [1.54, 1.807) is 0 Å². The van der Waals surface area contributed by atoms with Gasteiger partial charge in [0, 0.05) is 11.1 Å². The van der Waals surface area contributed by atoms with E-state index in [1.165, 1.54) is 11.1 Å². The van der Waals surface area contributed by atoms with Crippen LogP contribution in [-0.4, -0.2) is 14.9 Å². The molecule has 0 fully saturated rings. The first-order valence-electron chi connectivity index (χ1n) is 9.06. The molecule has 4 rings (SSSR count). The Balaban J connectivity index is 1.97. The van der Waals surface area contributed by atoms with Crippen LogP contribution in [-0.2, 0) is 0 Å². The Labute approximate surface area is 159 Å². The van der Waals surface area contributed by atoms with Gasteiger partial charge in [0.05, 0.1) is 5.69 Å². The molecule has 0 aliphatic heterocycles. The highest BCUT2D eigenvalue weighted by Gasteiger charge is 2.21. The maximum atomic E-state index is 11.1. The Kier molecular flexibility index (Phi) is 4.28. The molecule has 0 radical (unpaired) electrons. The van der Waals surface area contributed by atoms with Crippen molar-refractivity contribution in [1.29, 1.82) is 0 Å². The Morgan fingerprint density at radius 3 is 1.96 bits per heavy atom. The third-order valence-corrected chi connectivity index (χ3v) is 4.76. The minimum atomic E-state index is 0.199. The molecule has 0 amide bonds. The zero-order valence-electron chi connectivity index (χ0n) is 15.8. The zero-order chi connectivity index (χ0) is 19.0. The first-order valence-corrected chi connectivity index (χ1v) is 9.06. The summed E-state index contributed by atoms with van der Waals surface area (Å²) in [5, 5.41) is 15.9. The summed E-state index contributed by atoms with van der Waals surface area (Å²) in [6.45, 7) is 6.16.